The van der Waals surface area contributed by atoms with E-state index in [1.165, 1.54) is 0 Å². The SMILES string of the molecule is COc1cc(CNCCNCCO)c(Br)cc1OCc1ccccc1Cl. The van der Waals surface area contributed by atoms with Crippen LogP contribution in [0.3, 0.4) is 0 Å². The van der Waals surface area contributed by atoms with Crippen molar-refractivity contribution in [3.8, 4) is 11.5 Å². The Balaban J connectivity index is 1.96. The Bertz CT molecular complexity index is 700. The molecule has 7 heteroatoms. The van der Waals surface area contributed by atoms with Gasteiger partial charge in [0.1, 0.15) is 6.61 Å². The highest BCUT2D eigenvalue weighted by molar-refractivity contribution is 9.10. The van der Waals surface area contributed by atoms with Gasteiger partial charge in [-0.1, -0.05) is 45.7 Å². The van der Waals surface area contributed by atoms with Crippen LogP contribution in [0, 0.1) is 0 Å². The highest BCUT2D eigenvalue weighted by Crippen LogP contribution is 2.34. The van der Waals surface area contributed by atoms with Crippen LogP contribution in [0.4, 0.5) is 0 Å². The van der Waals surface area contributed by atoms with Crippen LogP contribution in [0.2, 0.25) is 5.02 Å². The third kappa shape index (κ3) is 6.45. The Morgan fingerprint density at radius 3 is 2.54 bits per heavy atom. The second-order valence-corrected chi connectivity index (χ2v) is 6.89. The molecule has 0 aliphatic heterocycles. The van der Waals surface area contributed by atoms with Gasteiger partial charge in [-0.3, -0.25) is 0 Å². The molecule has 2 aromatic carbocycles. The summed E-state index contributed by atoms with van der Waals surface area (Å²) < 4.78 is 12.3. The fourth-order valence-corrected chi connectivity index (χ4v) is 3.01. The molecule has 0 saturated carbocycles. The van der Waals surface area contributed by atoms with Crippen LogP contribution in [0.15, 0.2) is 40.9 Å². The summed E-state index contributed by atoms with van der Waals surface area (Å²) in [5, 5.41) is 15.9. The first-order chi connectivity index (χ1) is 12.7. The molecule has 0 atom stereocenters. The van der Waals surface area contributed by atoms with Crippen LogP contribution in [0.25, 0.3) is 0 Å². The van der Waals surface area contributed by atoms with Gasteiger partial charge < -0.3 is 25.2 Å². The lowest BCUT2D eigenvalue weighted by atomic mass is 10.2. The molecule has 0 aromatic heterocycles. The summed E-state index contributed by atoms with van der Waals surface area (Å²) in [4.78, 5) is 0. The molecule has 0 bridgehead atoms. The lowest BCUT2D eigenvalue weighted by Crippen LogP contribution is -2.28. The van der Waals surface area contributed by atoms with Gasteiger partial charge in [0.15, 0.2) is 11.5 Å². The minimum atomic E-state index is 0.151. The first-order valence-electron chi connectivity index (χ1n) is 8.40. The number of hydrogen-bond donors (Lipinski definition) is 3. The molecule has 26 heavy (non-hydrogen) atoms. The summed E-state index contributed by atoms with van der Waals surface area (Å²) in [6, 6.07) is 11.5. The number of rotatable bonds is 11. The average molecular weight is 444 g/mol. The van der Waals surface area contributed by atoms with Crippen LogP contribution in [-0.4, -0.2) is 38.5 Å². The van der Waals surface area contributed by atoms with Crippen molar-refractivity contribution < 1.29 is 14.6 Å². The molecule has 2 rings (SSSR count). The van der Waals surface area contributed by atoms with Gasteiger partial charge in [0.05, 0.1) is 13.7 Å². The zero-order valence-electron chi connectivity index (χ0n) is 14.7. The predicted molar refractivity (Wildman–Crippen MR) is 108 cm³/mol. The third-order valence-corrected chi connectivity index (χ3v) is 4.86. The molecule has 142 valence electrons. The molecule has 0 aliphatic carbocycles. The maximum absolute atomic E-state index is 8.73. The number of nitrogens with one attached hydrogen (secondary N) is 2. The Morgan fingerprint density at radius 2 is 1.81 bits per heavy atom. The van der Waals surface area contributed by atoms with Gasteiger partial charge in [-0.25, -0.2) is 0 Å². The van der Waals surface area contributed by atoms with E-state index in [0.29, 0.717) is 36.2 Å². The van der Waals surface area contributed by atoms with Crippen LogP contribution in [-0.2, 0) is 13.2 Å². The van der Waals surface area contributed by atoms with Crippen molar-refractivity contribution in [2.24, 2.45) is 0 Å². The van der Waals surface area contributed by atoms with Gasteiger partial charge >= 0.3 is 0 Å². The molecule has 0 radical (unpaired) electrons. The molecule has 0 fully saturated rings. The molecular weight excluding hydrogens is 420 g/mol. The Morgan fingerprint density at radius 1 is 1.04 bits per heavy atom. The highest BCUT2D eigenvalue weighted by atomic mass is 79.9. The lowest BCUT2D eigenvalue weighted by molar-refractivity contribution is 0.284. The van der Waals surface area contributed by atoms with Crippen molar-refractivity contribution in [3.63, 3.8) is 0 Å². The molecule has 0 unspecified atom stereocenters. The standard InChI is InChI=1S/C19H24BrClN2O3/c1-25-18-10-15(12-23-7-6-22-8-9-24)16(20)11-19(18)26-13-14-4-2-3-5-17(14)21/h2-5,10-11,22-24H,6-9,12-13H2,1H3. The largest absolute Gasteiger partial charge is 0.493 e. The third-order valence-electron chi connectivity index (χ3n) is 3.76. The Hall–Kier alpha value is -1.31. The normalized spacial score (nSPS) is 10.8. The summed E-state index contributed by atoms with van der Waals surface area (Å²) in [5.74, 6) is 1.34. The van der Waals surface area contributed by atoms with Gasteiger partial charge in [0.2, 0.25) is 0 Å². The molecule has 0 spiro atoms. The van der Waals surface area contributed by atoms with E-state index in [1.54, 1.807) is 7.11 Å². The predicted octanol–water partition coefficient (Wildman–Crippen LogP) is 3.36. The van der Waals surface area contributed by atoms with Gasteiger partial charge in [0, 0.05) is 41.2 Å². The molecule has 0 saturated heterocycles. The van der Waals surface area contributed by atoms with Gasteiger partial charge in [0.25, 0.3) is 0 Å². The zero-order valence-corrected chi connectivity index (χ0v) is 17.1. The number of aliphatic hydroxyl groups excluding tert-OH is 1. The van der Waals surface area contributed by atoms with E-state index in [-0.39, 0.29) is 6.61 Å². The van der Waals surface area contributed by atoms with Crippen LogP contribution in [0.1, 0.15) is 11.1 Å². The van der Waals surface area contributed by atoms with Crippen LogP contribution in [0.5, 0.6) is 11.5 Å². The fourth-order valence-electron chi connectivity index (χ4n) is 2.36. The van der Waals surface area contributed by atoms with E-state index in [0.717, 1.165) is 28.7 Å². The summed E-state index contributed by atoms with van der Waals surface area (Å²) in [5.41, 5.74) is 2.00. The quantitative estimate of drug-likeness (QED) is 0.465. The van der Waals surface area contributed by atoms with Crippen molar-refractivity contribution >= 4 is 27.5 Å². The number of benzene rings is 2. The average Bonchev–Trinajstić information content (AvgIpc) is 2.65. The second kappa shape index (κ2) is 11.4. The number of hydrogen-bond acceptors (Lipinski definition) is 5. The van der Waals surface area contributed by atoms with Crippen molar-refractivity contribution in [2.45, 2.75) is 13.2 Å². The van der Waals surface area contributed by atoms with Crippen LogP contribution >= 0.6 is 27.5 Å². The van der Waals surface area contributed by atoms with Crippen molar-refractivity contribution in [3.05, 3.63) is 57.0 Å². The van der Waals surface area contributed by atoms with Gasteiger partial charge in [-0.05, 0) is 23.8 Å². The first kappa shape index (κ1) is 21.0. The summed E-state index contributed by atoms with van der Waals surface area (Å²) in [6.07, 6.45) is 0. The first-order valence-corrected chi connectivity index (χ1v) is 9.57. The van der Waals surface area contributed by atoms with E-state index in [4.69, 9.17) is 26.2 Å². The number of aliphatic hydroxyl groups is 1. The van der Waals surface area contributed by atoms with E-state index in [2.05, 4.69) is 26.6 Å². The van der Waals surface area contributed by atoms with E-state index >= 15 is 0 Å². The second-order valence-electron chi connectivity index (χ2n) is 5.62. The maximum atomic E-state index is 8.73. The highest BCUT2D eigenvalue weighted by Gasteiger charge is 2.11. The monoisotopic (exact) mass is 442 g/mol. The Kier molecular flexibility index (Phi) is 9.22. The smallest absolute Gasteiger partial charge is 0.162 e. The van der Waals surface area contributed by atoms with Gasteiger partial charge in [-0.15, -0.1) is 0 Å². The minimum absolute atomic E-state index is 0.151. The minimum Gasteiger partial charge on any atom is -0.493 e. The van der Waals surface area contributed by atoms with Crippen molar-refractivity contribution in [2.75, 3.05) is 33.4 Å². The van der Waals surface area contributed by atoms with Crippen molar-refractivity contribution in [1.82, 2.24) is 10.6 Å². The number of halogens is 2. The van der Waals surface area contributed by atoms with Crippen molar-refractivity contribution in [1.29, 1.82) is 0 Å². The number of ether oxygens (including phenoxy) is 2. The summed E-state index contributed by atoms with van der Waals surface area (Å²) in [7, 11) is 1.63. The molecular formula is C19H24BrClN2O3. The topological polar surface area (TPSA) is 62.8 Å². The molecule has 5 nitrogen and oxygen atoms in total. The zero-order chi connectivity index (χ0) is 18.8. The van der Waals surface area contributed by atoms with E-state index in [9.17, 15) is 0 Å². The summed E-state index contributed by atoms with van der Waals surface area (Å²) in [6.45, 7) is 3.43. The fraction of sp³-hybridized carbons (Fsp3) is 0.368. The Labute approximate surface area is 167 Å². The molecule has 2 aromatic rings. The summed E-state index contributed by atoms with van der Waals surface area (Å²) >= 11 is 9.77. The maximum Gasteiger partial charge on any atom is 0.162 e. The number of methoxy groups -OCH3 is 1. The van der Waals surface area contributed by atoms with E-state index < -0.39 is 0 Å². The van der Waals surface area contributed by atoms with Crippen LogP contribution < -0.4 is 20.1 Å². The van der Waals surface area contributed by atoms with Gasteiger partial charge in [-0.2, -0.15) is 0 Å². The molecule has 3 N–H and O–H groups in total. The molecule has 0 heterocycles. The molecule has 0 amide bonds. The van der Waals surface area contributed by atoms with E-state index in [1.807, 2.05) is 36.4 Å². The molecule has 0 aliphatic rings. The lowest BCUT2D eigenvalue weighted by Gasteiger charge is -2.15.